The molecule has 0 aliphatic carbocycles. The van der Waals surface area contributed by atoms with Gasteiger partial charge in [0.05, 0.1) is 0 Å². The van der Waals surface area contributed by atoms with E-state index in [1.807, 2.05) is 31.7 Å². The van der Waals surface area contributed by atoms with Crippen molar-refractivity contribution in [2.24, 2.45) is 0 Å². The molecular weight excluding hydrogens is 356 g/mol. The van der Waals surface area contributed by atoms with Gasteiger partial charge in [0.1, 0.15) is 11.7 Å². The van der Waals surface area contributed by atoms with E-state index in [4.69, 9.17) is 16.3 Å². The summed E-state index contributed by atoms with van der Waals surface area (Å²) in [5.41, 5.74) is 0. The molecule has 1 saturated heterocycles. The summed E-state index contributed by atoms with van der Waals surface area (Å²) in [7, 11) is 0. The zero-order valence-corrected chi connectivity index (χ0v) is 16.6. The van der Waals surface area contributed by atoms with E-state index in [2.05, 4.69) is 14.9 Å². The van der Waals surface area contributed by atoms with E-state index < -0.39 is 6.10 Å². The van der Waals surface area contributed by atoms with Crippen LogP contribution in [0.15, 0.2) is 12.3 Å². The number of alkyl halides is 1. The molecule has 1 amide bonds. The second kappa shape index (κ2) is 9.16. The minimum atomic E-state index is -0.497. The number of aromatic nitrogens is 2. The number of hydrogen-bond donors (Lipinski definition) is 0. The molecule has 3 atom stereocenters. The van der Waals surface area contributed by atoms with Crippen molar-refractivity contribution in [1.29, 1.82) is 0 Å². The van der Waals surface area contributed by atoms with Crippen molar-refractivity contribution in [1.82, 2.24) is 14.9 Å². The maximum Gasteiger partial charge on any atom is 0.306 e. The molecule has 1 aliphatic rings. The highest BCUT2D eigenvalue weighted by Crippen LogP contribution is 2.23. The molecule has 1 aromatic heterocycles. The zero-order chi connectivity index (χ0) is 19.3. The predicted molar refractivity (Wildman–Crippen MR) is 100 cm³/mol. The first-order chi connectivity index (χ1) is 12.4. The van der Waals surface area contributed by atoms with Crippen molar-refractivity contribution in [3.8, 4) is 0 Å². The number of amides is 1. The lowest BCUT2D eigenvalue weighted by Crippen LogP contribution is -2.59. The first-order valence-electron chi connectivity index (χ1n) is 9.01. The predicted octanol–water partition coefficient (Wildman–Crippen LogP) is 2.55. The molecular formula is C18H27ClN4O3. The van der Waals surface area contributed by atoms with Gasteiger partial charge in [0.2, 0.25) is 5.91 Å². The Labute approximate surface area is 159 Å². The maximum atomic E-state index is 12.0. The lowest BCUT2D eigenvalue weighted by Gasteiger charge is -2.44. The van der Waals surface area contributed by atoms with Crippen LogP contribution in [0.2, 0.25) is 0 Å². The van der Waals surface area contributed by atoms with E-state index in [0.29, 0.717) is 25.3 Å². The van der Waals surface area contributed by atoms with E-state index >= 15 is 0 Å². The number of ether oxygens (including phenoxy) is 1. The molecule has 7 nitrogen and oxygen atoms in total. The number of carbonyl (C=O) groups is 2. The highest BCUT2D eigenvalue weighted by Gasteiger charge is 2.33. The lowest BCUT2D eigenvalue weighted by molar-refractivity contribution is -0.149. The molecule has 0 aromatic carbocycles. The van der Waals surface area contributed by atoms with Gasteiger partial charge in [-0.05, 0) is 33.3 Å². The van der Waals surface area contributed by atoms with Crippen LogP contribution in [0, 0.1) is 0 Å². The Balaban J connectivity index is 2.10. The first-order valence-corrected chi connectivity index (χ1v) is 9.55. The fraction of sp³-hybridized carbons (Fsp3) is 0.667. The number of carbonyl (C=O) groups excluding carboxylic acids is 2. The van der Waals surface area contributed by atoms with Gasteiger partial charge < -0.3 is 14.5 Å². The minimum absolute atomic E-state index is 0.00697. The smallest absolute Gasteiger partial charge is 0.306 e. The number of halogens is 1. The van der Waals surface area contributed by atoms with Crippen molar-refractivity contribution >= 4 is 29.3 Å². The molecule has 0 radical (unpaired) electrons. The van der Waals surface area contributed by atoms with Gasteiger partial charge in [0.15, 0.2) is 11.9 Å². The summed E-state index contributed by atoms with van der Waals surface area (Å²) in [4.78, 5) is 36.5. The van der Waals surface area contributed by atoms with Gasteiger partial charge in [-0.25, -0.2) is 9.97 Å². The molecule has 8 heteroatoms. The summed E-state index contributed by atoms with van der Waals surface area (Å²) in [6.45, 7) is 9.03. The summed E-state index contributed by atoms with van der Waals surface area (Å²) >= 11 is 5.72. The summed E-state index contributed by atoms with van der Waals surface area (Å²) in [6, 6.07) is 1.90. The van der Waals surface area contributed by atoms with Crippen LogP contribution >= 0.6 is 11.6 Å². The number of anilines is 1. The fourth-order valence-corrected chi connectivity index (χ4v) is 3.46. The van der Waals surface area contributed by atoms with E-state index in [-0.39, 0.29) is 29.8 Å². The Bertz CT molecular complexity index is 631. The van der Waals surface area contributed by atoms with Gasteiger partial charge in [-0.1, -0.05) is 6.92 Å². The van der Waals surface area contributed by atoms with Gasteiger partial charge in [-0.15, -0.1) is 11.6 Å². The Morgan fingerprint density at radius 1 is 1.35 bits per heavy atom. The third kappa shape index (κ3) is 4.84. The second-order valence-electron chi connectivity index (χ2n) is 6.69. The molecule has 0 bridgehead atoms. The highest BCUT2D eigenvalue weighted by atomic mass is 35.5. The van der Waals surface area contributed by atoms with Crippen LogP contribution in [-0.2, 0) is 14.3 Å². The average Bonchev–Trinajstić information content (AvgIpc) is 2.61. The van der Waals surface area contributed by atoms with Crippen molar-refractivity contribution in [2.45, 2.75) is 58.7 Å². The Morgan fingerprint density at radius 3 is 2.58 bits per heavy atom. The Kier molecular flexibility index (Phi) is 7.20. The van der Waals surface area contributed by atoms with Gasteiger partial charge in [0.25, 0.3) is 0 Å². The van der Waals surface area contributed by atoms with Crippen LogP contribution in [0.1, 0.15) is 52.5 Å². The lowest BCUT2D eigenvalue weighted by atomic mass is 10.1. The van der Waals surface area contributed by atoms with Crippen molar-refractivity contribution in [2.75, 3.05) is 23.9 Å². The van der Waals surface area contributed by atoms with Crippen LogP contribution < -0.4 is 4.90 Å². The number of piperazine rings is 1. The Hall–Kier alpha value is -1.89. The van der Waals surface area contributed by atoms with E-state index in [1.54, 1.807) is 13.1 Å². The minimum Gasteiger partial charge on any atom is -0.454 e. The third-order valence-corrected chi connectivity index (χ3v) is 4.66. The molecule has 1 fully saturated rings. The first kappa shape index (κ1) is 20.4. The normalized spacial score (nSPS) is 21.4. The van der Waals surface area contributed by atoms with E-state index in [0.717, 1.165) is 12.2 Å². The van der Waals surface area contributed by atoms with Gasteiger partial charge in [-0.2, -0.15) is 0 Å². The van der Waals surface area contributed by atoms with E-state index in [1.165, 1.54) is 0 Å². The SMILES string of the molecule is CCCC(=O)OC(C)c1nccc(N2CC(C)N(C(=O)CCl)C(C)C2)n1. The molecule has 144 valence electrons. The summed E-state index contributed by atoms with van der Waals surface area (Å²) in [5, 5.41) is 0. The third-order valence-electron chi connectivity index (χ3n) is 4.43. The number of hydrogen-bond acceptors (Lipinski definition) is 6. The average molecular weight is 383 g/mol. The molecule has 1 aliphatic heterocycles. The Morgan fingerprint density at radius 2 is 2.00 bits per heavy atom. The number of nitrogens with zero attached hydrogens (tertiary/aromatic N) is 4. The molecule has 0 spiro atoms. The van der Waals surface area contributed by atoms with Crippen LogP contribution in [0.4, 0.5) is 5.82 Å². The summed E-state index contributed by atoms with van der Waals surface area (Å²) in [5.74, 6) is 0.944. The number of rotatable bonds is 6. The van der Waals surface area contributed by atoms with Gasteiger partial charge in [-0.3, -0.25) is 9.59 Å². The fourth-order valence-electron chi connectivity index (χ4n) is 3.32. The van der Waals surface area contributed by atoms with E-state index in [9.17, 15) is 9.59 Å². The topological polar surface area (TPSA) is 75.6 Å². The molecule has 1 aromatic rings. The maximum absolute atomic E-state index is 12.0. The highest BCUT2D eigenvalue weighted by molar-refractivity contribution is 6.27. The van der Waals surface area contributed by atoms with Crippen LogP contribution in [0.25, 0.3) is 0 Å². The zero-order valence-electron chi connectivity index (χ0n) is 15.8. The second-order valence-corrected chi connectivity index (χ2v) is 6.96. The summed E-state index contributed by atoms with van der Waals surface area (Å²) in [6.07, 6.45) is 2.30. The van der Waals surface area contributed by atoms with Crippen molar-refractivity contribution in [3.63, 3.8) is 0 Å². The summed E-state index contributed by atoms with van der Waals surface area (Å²) < 4.78 is 5.37. The van der Waals surface area contributed by atoms with Gasteiger partial charge in [0, 0.05) is 37.8 Å². The quantitative estimate of drug-likeness (QED) is 0.556. The molecule has 2 heterocycles. The van der Waals surface area contributed by atoms with Crippen molar-refractivity contribution in [3.05, 3.63) is 18.1 Å². The van der Waals surface area contributed by atoms with Crippen molar-refractivity contribution < 1.29 is 14.3 Å². The molecule has 3 unspecified atom stereocenters. The van der Waals surface area contributed by atoms with Crippen LogP contribution in [-0.4, -0.2) is 57.8 Å². The molecule has 26 heavy (non-hydrogen) atoms. The van der Waals surface area contributed by atoms with Crippen LogP contribution in [0.3, 0.4) is 0 Å². The largest absolute Gasteiger partial charge is 0.454 e. The van der Waals surface area contributed by atoms with Gasteiger partial charge >= 0.3 is 5.97 Å². The monoisotopic (exact) mass is 382 g/mol. The standard InChI is InChI=1S/C18H27ClN4O3/c1-5-6-17(25)26-14(4)18-20-8-7-15(21-18)22-10-12(2)23(13(3)11-22)16(24)9-19/h7-8,12-14H,5-6,9-11H2,1-4H3. The molecule has 2 rings (SSSR count). The molecule has 0 N–H and O–H groups in total. The number of esters is 1. The van der Waals surface area contributed by atoms with Crippen LogP contribution in [0.5, 0.6) is 0 Å². The molecule has 0 saturated carbocycles.